The summed E-state index contributed by atoms with van der Waals surface area (Å²) in [5.74, 6) is -0.0641. The molecule has 1 fully saturated rings. The number of rotatable bonds is 4. The fourth-order valence-corrected chi connectivity index (χ4v) is 2.77. The summed E-state index contributed by atoms with van der Waals surface area (Å²) in [6.07, 6.45) is 0.436. The molecule has 1 amide bonds. The van der Waals surface area contributed by atoms with Gasteiger partial charge < -0.3 is 10.6 Å². The average molecular weight is 316 g/mol. The van der Waals surface area contributed by atoms with Crippen molar-refractivity contribution in [1.29, 1.82) is 0 Å². The second-order valence-corrected chi connectivity index (χ2v) is 5.80. The number of nitrogens with one attached hydrogen (secondary N) is 2. The average Bonchev–Trinajstić information content (AvgIpc) is 2.42. The predicted octanol–water partition coefficient (Wildman–Crippen LogP) is 2.62. The van der Waals surface area contributed by atoms with E-state index < -0.39 is 0 Å². The standard InChI is InChI=1S/C14H19Cl2N3O/c1-10-9-17-6-8-19(10)7-5-13(20)18-14-11(15)3-2-4-12(14)16/h2-4,10,17H,5-9H2,1H3,(H,18,20). The first-order valence-electron chi connectivity index (χ1n) is 6.76. The number of amides is 1. The summed E-state index contributed by atoms with van der Waals surface area (Å²) in [5, 5.41) is 7.04. The van der Waals surface area contributed by atoms with E-state index in [2.05, 4.69) is 22.5 Å². The number of piperazine rings is 1. The van der Waals surface area contributed by atoms with Crippen LogP contribution in [-0.4, -0.2) is 43.0 Å². The van der Waals surface area contributed by atoms with Crippen molar-refractivity contribution in [2.24, 2.45) is 0 Å². The lowest BCUT2D eigenvalue weighted by Gasteiger charge is -2.33. The molecule has 1 heterocycles. The second kappa shape index (κ2) is 7.27. The van der Waals surface area contributed by atoms with Gasteiger partial charge in [0.15, 0.2) is 0 Å². The lowest BCUT2D eigenvalue weighted by Crippen LogP contribution is -2.50. The molecule has 1 aliphatic rings. The Morgan fingerprint density at radius 2 is 2.15 bits per heavy atom. The Balaban J connectivity index is 1.86. The van der Waals surface area contributed by atoms with Gasteiger partial charge in [0.05, 0.1) is 15.7 Å². The Morgan fingerprint density at radius 3 is 2.80 bits per heavy atom. The monoisotopic (exact) mass is 315 g/mol. The van der Waals surface area contributed by atoms with E-state index in [9.17, 15) is 4.79 Å². The number of hydrogen-bond acceptors (Lipinski definition) is 3. The molecule has 1 aromatic carbocycles. The van der Waals surface area contributed by atoms with Gasteiger partial charge >= 0.3 is 0 Å². The van der Waals surface area contributed by atoms with Crippen LogP contribution in [0.5, 0.6) is 0 Å². The third-order valence-electron chi connectivity index (χ3n) is 3.49. The Bertz CT molecular complexity index is 461. The fraction of sp³-hybridized carbons (Fsp3) is 0.500. The minimum absolute atomic E-state index is 0.0641. The molecule has 0 aliphatic carbocycles. The number of benzene rings is 1. The number of para-hydroxylation sites is 1. The van der Waals surface area contributed by atoms with Gasteiger partial charge in [0.1, 0.15) is 0 Å². The molecule has 1 saturated heterocycles. The lowest BCUT2D eigenvalue weighted by molar-refractivity contribution is -0.116. The summed E-state index contributed by atoms with van der Waals surface area (Å²) in [7, 11) is 0. The molecule has 2 N–H and O–H groups in total. The lowest BCUT2D eigenvalue weighted by atomic mass is 10.2. The van der Waals surface area contributed by atoms with Crippen molar-refractivity contribution in [3.8, 4) is 0 Å². The van der Waals surface area contributed by atoms with Crippen molar-refractivity contribution in [3.63, 3.8) is 0 Å². The van der Waals surface area contributed by atoms with Crippen LogP contribution in [-0.2, 0) is 4.79 Å². The van der Waals surface area contributed by atoms with Crippen molar-refractivity contribution >= 4 is 34.8 Å². The van der Waals surface area contributed by atoms with Gasteiger partial charge in [0.2, 0.25) is 5.91 Å². The summed E-state index contributed by atoms with van der Waals surface area (Å²) in [4.78, 5) is 14.3. The summed E-state index contributed by atoms with van der Waals surface area (Å²) in [5.41, 5.74) is 0.495. The molecule has 1 atom stereocenters. The van der Waals surface area contributed by atoms with Crippen molar-refractivity contribution in [3.05, 3.63) is 28.2 Å². The number of hydrogen-bond donors (Lipinski definition) is 2. The second-order valence-electron chi connectivity index (χ2n) is 4.98. The van der Waals surface area contributed by atoms with Crippen LogP contribution in [0.1, 0.15) is 13.3 Å². The first-order valence-corrected chi connectivity index (χ1v) is 7.52. The molecule has 1 unspecified atom stereocenters. The van der Waals surface area contributed by atoms with Gasteiger partial charge in [-0.15, -0.1) is 0 Å². The van der Waals surface area contributed by atoms with Crippen molar-refractivity contribution in [2.75, 3.05) is 31.5 Å². The molecule has 0 aromatic heterocycles. The van der Waals surface area contributed by atoms with Gasteiger partial charge in [-0.05, 0) is 19.1 Å². The zero-order valence-electron chi connectivity index (χ0n) is 11.5. The van der Waals surface area contributed by atoms with Gasteiger partial charge in [-0.2, -0.15) is 0 Å². The van der Waals surface area contributed by atoms with E-state index >= 15 is 0 Å². The van der Waals surface area contributed by atoms with E-state index in [1.54, 1.807) is 18.2 Å². The molecule has 20 heavy (non-hydrogen) atoms. The molecule has 6 heteroatoms. The highest BCUT2D eigenvalue weighted by Crippen LogP contribution is 2.29. The summed E-state index contributed by atoms with van der Waals surface area (Å²) < 4.78 is 0. The Kier molecular flexibility index (Phi) is 5.66. The van der Waals surface area contributed by atoms with Crippen LogP contribution in [0.3, 0.4) is 0 Å². The minimum Gasteiger partial charge on any atom is -0.324 e. The van der Waals surface area contributed by atoms with E-state index in [1.165, 1.54) is 0 Å². The van der Waals surface area contributed by atoms with Crippen LogP contribution in [0.4, 0.5) is 5.69 Å². The number of carbonyl (C=O) groups excluding carboxylic acids is 1. The van der Waals surface area contributed by atoms with Crippen molar-refractivity contribution < 1.29 is 4.79 Å². The predicted molar refractivity (Wildman–Crippen MR) is 83.6 cm³/mol. The SMILES string of the molecule is CC1CNCCN1CCC(=O)Nc1c(Cl)cccc1Cl. The van der Waals surface area contributed by atoms with E-state index in [0.717, 1.165) is 26.2 Å². The molecular weight excluding hydrogens is 297 g/mol. The first kappa shape index (κ1) is 15.6. The van der Waals surface area contributed by atoms with Gasteiger partial charge in [0, 0.05) is 38.6 Å². The fourth-order valence-electron chi connectivity index (χ4n) is 2.28. The molecule has 0 radical (unpaired) electrons. The highest BCUT2D eigenvalue weighted by atomic mass is 35.5. The van der Waals surface area contributed by atoms with Crippen LogP contribution >= 0.6 is 23.2 Å². The van der Waals surface area contributed by atoms with Crippen molar-refractivity contribution in [1.82, 2.24) is 10.2 Å². The number of anilines is 1. The van der Waals surface area contributed by atoms with Crippen LogP contribution in [0, 0.1) is 0 Å². The van der Waals surface area contributed by atoms with E-state index in [4.69, 9.17) is 23.2 Å². The van der Waals surface area contributed by atoms with E-state index in [-0.39, 0.29) is 5.91 Å². The molecule has 0 spiro atoms. The van der Waals surface area contributed by atoms with Gasteiger partial charge in [0.25, 0.3) is 0 Å². The first-order chi connectivity index (χ1) is 9.58. The normalized spacial score (nSPS) is 19.9. The maximum Gasteiger partial charge on any atom is 0.225 e. The maximum absolute atomic E-state index is 12.0. The Morgan fingerprint density at radius 1 is 1.45 bits per heavy atom. The maximum atomic E-state index is 12.0. The van der Waals surface area contributed by atoms with Gasteiger partial charge in [-0.25, -0.2) is 0 Å². The molecule has 0 saturated carbocycles. The third-order valence-corrected chi connectivity index (χ3v) is 4.12. The van der Waals surface area contributed by atoms with Crippen LogP contribution in [0.2, 0.25) is 10.0 Å². The van der Waals surface area contributed by atoms with Gasteiger partial charge in [-0.3, -0.25) is 9.69 Å². The Hall–Kier alpha value is -0.810. The number of nitrogens with zero attached hydrogens (tertiary/aromatic N) is 1. The molecule has 1 aliphatic heterocycles. The smallest absolute Gasteiger partial charge is 0.225 e. The van der Waals surface area contributed by atoms with E-state index in [0.29, 0.717) is 28.2 Å². The molecular formula is C14H19Cl2N3O. The molecule has 2 rings (SSSR count). The number of halogens is 2. The molecule has 0 bridgehead atoms. The number of carbonyl (C=O) groups is 1. The molecule has 1 aromatic rings. The third kappa shape index (κ3) is 4.09. The minimum atomic E-state index is -0.0641. The zero-order valence-corrected chi connectivity index (χ0v) is 13.0. The van der Waals surface area contributed by atoms with E-state index in [1.807, 2.05) is 0 Å². The highest BCUT2D eigenvalue weighted by Gasteiger charge is 2.18. The van der Waals surface area contributed by atoms with Crippen LogP contribution < -0.4 is 10.6 Å². The van der Waals surface area contributed by atoms with Crippen molar-refractivity contribution in [2.45, 2.75) is 19.4 Å². The summed E-state index contributed by atoms with van der Waals surface area (Å²) in [6, 6.07) is 5.63. The summed E-state index contributed by atoms with van der Waals surface area (Å²) in [6.45, 7) is 5.83. The molecule has 110 valence electrons. The quantitative estimate of drug-likeness (QED) is 0.897. The molecule has 4 nitrogen and oxygen atoms in total. The summed E-state index contributed by atoms with van der Waals surface area (Å²) >= 11 is 12.1. The largest absolute Gasteiger partial charge is 0.324 e. The topological polar surface area (TPSA) is 44.4 Å². The highest BCUT2D eigenvalue weighted by molar-refractivity contribution is 6.39. The van der Waals surface area contributed by atoms with Crippen LogP contribution in [0.15, 0.2) is 18.2 Å². The van der Waals surface area contributed by atoms with Crippen LogP contribution in [0.25, 0.3) is 0 Å². The zero-order chi connectivity index (χ0) is 14.5. The Labute approximate surface area is 129 Å². The van der Waals surface area contributed by atoms with Gasteiger partial charge in [-0.1, -0.05) is 29.3 Å².